The van der Waals surface area contributed by atoms with Crippen molar-refractivity contribution in [3.8, 4) is 0 Å². The first-order valence-electron chi connectivity index (χ1n) is 6.42. The Balaban J connectivity index is 2.44. The maximum Gasteiger partial charge on any atom is 0.211 e. The average Bonchev–Trinajstić information content (AvgIpc) is 2.19. The van der Waals surface area contributed by atoms with Crippen LogP contribution in [0.2, 0.25) is 0 Å². The number of hydrogen-bond donors (Lipinski definition) is 2. The van der Waals surface area contributed by atoms with Crippen molar-refractivity contribution in [2.45, 2.75) is 52.1 Å². The van der Waals surface area contributed by atoms with Gasteiger partial charge in [0.15, 0.2) is 0 Å². The molecule has 0 bridgehead atoms. The van der Waals surface area contributed by atoms with Gasteiger partial charge in [-0.1, -0.05) is 20.8 Å². The molecular formula is C12H25NO3S. The van der Waals surface area contributed by atoms with E-state index < -0.39 is 15.6 Å². The Morgan fingerprint density at radius 1 is 1.35 bits per heavy atom. The molecule has 0 amide bonds. The number of aliphatic hydroxyl groups is 1. The Morgan fingerprint density at radius 2 is 1.88 bits per heavy atom. The van der Waals surface area contributed by atoms with E-state index in [0.29, 0.717) is 18.8 Å². The highest BCUT2D eigenvalue weighted by molar-refractivity contribution is 7.89. The van der Waals surface area contributed by atoms with Crippen molar-refractivity contribution >= 4 is 10.0 Å². The largest absolute Gasteiger partial charge is 0.389 e. The standard InChI is InChI=1S/C12H25NO3S/c1-10(2)8-17(15,16)13-9-12(14)6-4-11(3)5-7-12/h10-11,13-14H,4-9H2,1-3H3. The highest BCUT2D eigenvalue weighted by Gasteiger charge is 2.32. The molecule has 1 saturated carbocycles. The van der Waals surface area contributed by atoms with Crippen LogP contribution in [-0.4, -0.2) is 31.4 Å². The van der Waals surface area contributed by atoms with Crippen LogP contribution in [0, 0.1) is 11.8 Å². The first-order valence-corrected chi connectivity index (χ1v) is 8.07. The minimum Gasteiger partial charge on any atom is -0.389 e. The number of sulfonamides is 1. The zero-order valence-corrected chi connectivity index (χ0v) is 11.9. The molecule has 0 heterocycles. The maximum atomic E-state index is 11.7. The normalized spacial score (nSPS) is 30.8. The lowest BCUT2D eigenvalue weighted by Crippen LogP contribution is -2.46. The van der Waals surface area contributed by atoms with Crippen LogP contribution in [0.1, 0.15) is 46.5 Å². The van der Waals surface area contributed by atoms with E-state index in [-0.39, 0.29) is 18.2 Å². The SMILES string of the molecule is CC(C)CS(=O)(=O)NCC1(O)CCC(C)CC1. The van der Waals surface area contributed by atoms with E-state index in [1.54, 1.807) is 0 Å². The van der Waals surface area contributed by atoms with Gasteiger partial charge in [0.25, 0.3) is 0 Å². The van der Waals surface area contributed by atoms with E-state index in [2.05, 4.69) is 11.6 Å². The van der Waals surface area contributed by atoms with Crippen LogP contribution in [0.4, 0.5) is 0 Å². The van der Waals surface area contributed by atoms with Crippen LogP contribution in [0.3, 0.4) is 0 Å². The lowest BCUT2D eigenvalue weighted by molar-refractivity contribution is -0.00184. The van der Waals surface area contributed by atoms with Crippen molar-refractivity contribution in [3.05, 3.63) is 0 Å². The van der Waals surface area contributed by atoms with Gasteiger partial charge in [-0.3, -0.25) is 0 Å². The smallest absolute Gasteiger partial charge is 0.211 e. The Bertz CT molecular complexity index is 330. The second kappa shape index (κ2) is 5.67. The first-order chi connectivity index (χ1) is 7.72. The highest BCUT2D eigenvalue weighted by Crippen LogP contribution is 2.31. The third-order valence-corrected chi connectivity index (χ3v) is 5.07. The van der Waals surface area contributed by atoms with E-state index in [9.17, 15) is 13.5 Å². The van der Waals surface area contributed by atoms with E-state index >= 15 is 0 Å². The molecule has 0 aromatic carbocycles. The molecule has 1 aliphatic carbocycles. The van der Waals surface area contributed by atoms with Gasteiger partial charge < -0.3 is 5.11 Å². The summed E-state index contributed by atoms with van der Waals surface area (Å²) in [5.41, 5.74) is -0.837. The Labute approximate surface area is 105 Å². The molecule has 0 aromatic heterocycles. The second-order valence-corrected chi connectivity index (χ2v) is 7.75. The molecule has 1 aliphatic rings. The van der Waals surface area contributed by atoms with Gasteiger partial charge >= 0.3 is 0 Å². The van der Waals surface area contributed by atoms with Gasteiger partial charge in [-0.25, -0.2) is 13.1 Å². The molecule has 0 aliphatic heterocycles. The molecule has 17 heavy (non-hydrogen) atoms. The van der Waals surface area contributed by atoms with Crippen LogP contribution in [0.15, 0.2) is 0 Å². The maximum absolute atomic E-state index is 11.7. The summed E-state index contributed by atoms with van der Waals surface area (Å²) in [4.78, 5) is 0. The van der Waals surface area contributed by atoms with Crippen molar-refractivity contribution in [2.24, 2.45) is 11.8 Å². The fourth-order valence-electron chi connectivity index (χ4n) is 2.22. The van der Waals surface area contributed by atoms with Crippen molar-refractivity contribution in [1.29, 1.82) is 0 Å². The van der Waals surface area contributed by atoms with Crippen molar-refractivity contribution in [2.75, 3.05) is 12.3 Å². The summed E-state index contributed by atoms with van der Waals surface area (Å²) < 4.78 is 25.9. The molecule has 1 fully saturated rings. The van der Waals surface area contributed by atoms with Crippen LogP contribution in [0.25, 0.3) is 0 Å². The average molecular weight is 263 g/mol. The predicted octanol–water partition coefficient (Wildman–Crippen LogP) is 1.50. The molecule has 0 spiro atoms. The molecule has 0 atom stereocenters. The third kappa shape index (κ3) is 5.36. The van der Waals surface area contributed by atoms with Crippen molar-refractivity contribution in [1.82, 2.24) is 4.72 Å². The zero-order chi connectivity index (χ0) is 13.1. The second-order valence-electron chi connectivity index (χ2n) is 5.90. The Morgan fingerprint density at radius 3 is 2.35 bits per heavy atom. The first kappa shape index (κ1) is 14.9. The van der Waals surface area contributed by atoms with Gasteiger partial charge in [0.1, 0.15) is 0 Å². The number of nitrogens with one attached hydrogen (secondary N) is 1. The fraction of sp³-hybridized carbons (Fsp3) is 1.00. The molecule has 2 N–H and O–H groups in total. The molecular weight excluding hydrogens is 238 g/mol. The molecule has 0 aromatic rings. The van der Waals surface area contributed by atoms with Crippen LogP contribution in [-0.2, 0) is 10.0 Å². The summed E-state index contributed by atoms with van der Waals surface area (Å²) in [5.74, 6) is 0.871. The summed E-state index contributed by atoms with van der Waals surface area (Å²) in [6.45, 7) is 6.07. The summed E-state index contributed by atoms with van der Waals surface area (Å²) in [5, 5.41) is 10.3. The summed E-state index contributed by atoms with van der Waals surface area (Å²) in [6.07, 6.45) is 3.33. The zero-order valence-electron chi connectivity index (χ0n) is 11.1. The van der Waals surface area contributed by atoms with Gasteiger partial charge in [0.2, 0.25) is 10.0 Å². The van der Waals surface area contributed by atoms with Crippen LogP contribution in [0.5, 0.6) is 0 Å². The molecule has 0 unspecified atom stereocenters. The van der Waals surface area contributed by atoms with Gasteiger partial charge in [-0.2, -0.15) is 0 Å². The Hall–Kier alpha value is -0.130. The minimum absolute atomic E-state index is 0.105. The molecule has 102 valence electrons. The fourth-order valence-corrected chi connectivity index (χ4v) is 3.70. The number of rotatable bonds is 5. The summed E-state index contributed by atoms with van der Waals surface area (Å²) in [6, 6.07) is 0. The van der Waals surface area contributed by atoms with E-state index in [1.807, 2.05) is 13.8 Å². The monoisotopic (exact) mass is 263 g/mol. The van der Waals surface area contributed by atoms with E-state index in [0.717, 1.165) is 12.8 Å². The van der Waals surface area contributed by atoms with Crippen LogP contribution < -0.4 is 4.72 Å². The minimum atomic E-state index is -3.24. The highest BCUT2D eigenvalue weighted by atomic mass is 32.2. The Kier molecular flexibility index (Phi) is 4.98. The molecule has 1 rings (SSSR count). The topological polar surface area (TPSA) is 66.4 Å². The summed E-state index contributed by atoms with van der Waals surface area (Å²) >= 11 is 0. The molecule has 0 saturated heterocycles. The summed E-state index contributed by atoms with van der Waals surface area (Å²) in [7, 11) is -3.24. The van der Waals surface area contributed by atoms with Crippen molar-refractivity contribution in [3.63, 3.8) is 0 Å². The van der Waals surface area contributed by atoms with Gasteiger partial charge in [-0.15, -0.1) is 0 Å². The van der Waals surface area contributed by atoms with E-state index in [1.165, 1.54) is 0 Å². The van der Waals surface area contributed by atoms with Crippen molar-refractivity contribution < 1.29 is 13.5 Å². The third-order valence-electron chi connectivity index (χ3n) is 3.38. The molecule has 5 heteroatoms. The van der Waals surface area contributed by atoms with E-state index in [4.69, 9.17) is 0 Å². The van der Waals surface area contributed by atoms with Gasteiger partial charge in [-0.05, 0) is 37.5 Å². The number of hydrogen-bond acceptors (Lipinski definition) is 3. The lowest BCUT2D eigenvalue weighted by Gasteiger charge is -2.34. The predicted molar refractivity (Wildman–Crippen MR) is 69.2 cm³/mol. The quantitative estimate of drug-likeness (QED) is 0.790. The molecule has 4 nitrogen and oxygen atoms in total. The van der Waals surface area contributed by atoms with Crippen LogP contribution >= 0.6 is 0 Å². The molecule has 0 radical (unpaired) electrons. The van der Waals surface area contributed by atoms with Gasteiger partial charge in [0.05, 0.1) is 11.4 Å². The van der Waals surface area contributed by atoms with Gasteiger partial charge in [0, 0.05) is 6.54 Å². The lowest BCUT2D eigenvalue weighted by atomic mass is 9.80.